The van der Waals surface area contributed by atoms with Gasteiger partial charge in [-0.2, -0.15) is 0 Å². The lowest BCUT2D eigenvalue weighted by molar-refractivity contribution is 0.0483. The highest BCUT2D eigenvalue weighted by atomic mass is 79.9. The van der Waals surface area contributed by atoms with Crippen LogP contribution in [0, 0.1) is 5.82 Å². The number of halogens is 2. The lowest BCUT2D eigenvalue weighted by Crippen LogP contribution is -2.15. The first-order chi connectivity index (χ1) is 7.88. The van der Waals surface area contributed by atoms with E-state index < -0.39 is 5.60 Å². The number of benzene rings is 1. The van der Waals surface area contributed by atoms with Crippen molar-refractivity contribution in [1.82, 2.24) is 4.98 Å². The minimum Gasteiger partial charge on any atom is -0.445 e. The van der Waals surface area contributed by atoms with Crippen LogP contribution in [0.15, 0.2) is 33.4 Å². The smallest absolute Gasteiger partial charge is 0.226 e. The van der Waals surface area contributed by atoms with Crippen LogP contribution in [0.1, 0.15) is 19.7 Å². The SMILES string of the molecule is CC(C)(O)c1nc(-c2ccc(F)c(Br)c2)co1. The largest absolute Gasteiger partial charge is 0.445 e. The molecule has 1 heterocycles. The Kier molecular flexibility index (Phi) is 3.05. The standard InChI is InChI=1S/C12H11BrFNO2/c1-12(2,16)11-15-10(6-17-11)7-3-4-9(14)8(13)5-7/h3-6,16H,1-2H3. The first-order valence-corrected chi connectivity index (χ1v) is 5.81. The summed E-state index contributed by atoms with van der Waals surface area (Å²) in [6, 6.07) is 4.56. The predicted molar refractivity (Wildman–Crippen MR) is 64.8 cm³/mol. The fourth-order valence-electron chi connectivity index (χ4n) is 1.34. The Morgan fingerprint density at radius 2 is 2.12 bits per heavy atom. The first-order valence-electron chi connectivity index (χ1n) is 5.02. The Hall–Kier alpha value is -1.20. The minimum absolute atomic E-state index is 0.230. The Morgan fingerprint density at radius 3 is 2.65 bits per heavy atom. The number of hydrogen-bond acceptors (Lipinski definition) is 3. The summed E-state index contributed by atoms with van der Waals surface area (Å²) in [4.78, 5) is 4.16. The normalized spacial score (nSPS) is 11.8. The third-order valence-electron chi connectivity index (χ3n) is 2.24. The number of nitrogens with zero attached hydrogens (tertiary/aromatic N) is 1. The highest BCUT2D eigenvalue weighted by molar-refractivity contribution is 9.10. The van der Waals surface area contributed by atoms with Gasteiger partial charge < -0.3 is 9.52 Å². The number of aliphatic hydroxyl groups is 1. The van der Waals surface area contributed by atoms with Gasteiger partial charge in [0.1, 0.15) is 23.4 Å². The zero-order chi connectivity index (χ0) is 12.6. The van der Waals surface area contributed by atoms with Gasteiger partial charge in [0.15, 0.2) is 0 Å². The van der Waals surface area contributed by atoms with Gasteiger partial charge in [-0.3, -0.25) is 0 Å². The second kappa shape index (κ2) is 4.23. The lowest BCUT2D eigenvalue weighted by atomic mass is 10.1. The van der Waals surface area contributed by atoms with E-state index in [0.29, 0.717) is 10.2 Å². The summed E-state index contributed by atoms with van der Waals surface area (Å²) in [5.74, 6) is -0.104. The highest BCUT2D eigenvalue weighted by Crippen LogP contribution is 2.27. The van der Waals surface area contributed by atoms with Crippen molar-refractivity contribution in [3.05, 3.63) is 40.6 Å². The van der Waals surface area contributed by atoms with Crippen molar-refractivity contribution < 1.29 is 13.9 Å². The molecule has 1 N–H and O–H groups in total. The molecule has 0 aliphatic carbocycles. The lowest BCUT2D eigenvalue weighted by Gasteiger charge is -2.10. The van der Waals surface area contributed by atoms with E-state index in [1.54, 1.807) is 26.0 Å². The van der Waals surface area contributed by atoms with Crippen molar-refractivity contribution in [2.75, 3.05) is 0 Å². The van der Waals surface area contributed by atoms with E-state index in [1.165, 1.54) is 12.3 Å². The van der Waals surface area contributed by atoms with Crippen LogP contribution in [0.4, 0.5) is 4.39 Å². The van der Waals surface area contributed by atoms with Gasteiger partial charge in [0.25, 0.3) is 0 Å². The van der Waals surface area contributed by atoms with Crippen LogP contribution in [0.5, 0.6) is 0 Å². The summed E-state index contributed by atoms with van der Waals surface area (Å²) in [7, 11) is 0. The minimum atomic E-state index is -1.13. The van der Waals surface area contributed by atoms with Crippen LogP contribution in [0.3, 0.4) is 0 Å². The summed E-state index contributed by atoms with van der Waals surface area (Å²) in [5.41, 5.74) is 0.149. The average Bonchev–Trinajstić information content (AvgIpc) is 2.70. The number of oxazole rings is 1. The monoisotopic (exact) mass is 299 g/mol. The molecule has 0 bridgehead atoms. The zero-order valence-electron chi connectivity index (χ0n) is 9.37. The molecule has 0 radical (unpaired) electrons. The maximum atomic E-state index is 13.1. The van der Waals surface area contributed by atoms with Gasteiger partial charge in [-0.15, -0.1) is 0 Å². The Morgan fingerprint density at radius 1 is 1.41 bits per heavy atom. The molecule has 0 fully saturated rings. The quantitative estimate of drug-likeness (QED) is 0.923. The molecule has 3 nitrogen and oxygen atoms in total. The van der Waals surface area contributed by atoms with E-state index in [4.69, 9.17) is 4.42 Å². The molecule has 0 amide bonds. The molecule has 0 aliphatic heterocycles. The van der Waals surface area contributed by atoms with Gasteiger partial charge in [0.05, 0.1) is 4.47 Å². The second-order valence-corrected chi connectivity index (χ2v) is 5.08. The summed E-state index contributed by atoms with van der Waals surface area (Å²) < 4.78 is 18.6. The van der Waals surface area contributed by atoms with Crippen molar-refractivity contribution >= 4 is 15.9 Å². The van der Waals surface area contributed by atoms with E-state index >= 15 is 0 Å². The zero-order valence-corrected chi connectivity index (χ0v) is 11.0. The van der Waals surface area contributed by atoms with Crippen LogP contribution in [-0.4, -0.2) is 10.1 Å². The molecule has 0 atom stereocenters. The Bertz CT molecular complexity index is 546. The predicted octanol–water partition coefficient (Wildman–Crippen LogP) is 3.47. The maximum Gasteiger partial charge on any atom is 0.226 e. The molecule has 1 aromatic heterocycles. The maximum absolute atomic E-state index is 13.1. The van der Waals surface area contributed by atoms with Crippen LogP contribution >= 0.6 is 15.9 Å². The molecule has 17 heavy (non-hydrogen) atoms. The third-order valence-corrected chi connectivity index (χ3v) is 2.85. The van der Waals surface area contributed by atoms with Crippen molar-refractivity contribution in [2.45, 2.75) is 19.4 Å². The van der Waals surface area contributed by atoms with Crippen molar-refractivity contribution in [3.8, 4) is 11.3 Å². The molecule has 0 unspecified atom stereocenters. The van der Waals surface area contributed by atoms with E-state index in [2.05, 4.69) is 20.9 Å². The van der Waals surface area contributed by atoms with Gasteiger partial charge in [0.2, 0.25) is 5.89 Å². The summed E-state index contributed by atoms with van der Waals surface area (Å²) in [6.07, 6.45) is 1.44. The van der Waals surface area contributed by atoms with E-state index in [-0.39, 0.29) is 11.7 Å². The number of rotatable bonds is 2. The molecule has 2 aromatic rings. The molecule has 2 rings (SSSR count). The second-order valence-electron chi connectivity index (χ2n) is 4.23. The topological polar surface area (TPSA) is 46.3 Å². The Balaban J connectivity index is 2.40. The summed E-state index contributed by atoms with van der Waals surface area (Å²) >= 11 is 3.11. The first kappa shape index (κ1) is 12.3. The molecule has 0 aliphatic rings. The van der Waals surface area contributed by atoms with Crippen LogP contribution in [-0.2, 0) is 5.60 Å². The molecular formula is C12H11BrFNO2. The molecule has 0 saturated heterocycles. The van der Waals surface area contributed by atoms with Crippen LogP contribution in [0.2, 0.25) is 0 Å². The van der Waals surface area contributed by atoms with Gasteiger partial charge in [-0.1, -0.05) is 0 Å². The molecular weight excluding hydrogens is 289 g/mol. The van der Waals surface area contributed by atoms with Gasteiger partial charge >= 0.3 is 0 Å². The highest BCUT2D eigenvalue weighted by Gasteiger charge is 2.22. The van der Waals surface area contributed by atoms with Crippen molar-refractivity contribution in [3.63, 3.8) is 0 Å². The van der Waals surface area contributed by atoms with Crippen LogP contribution < -0.4 is 0 Å². The Labute approximate surface area is 106 Å². The van der Waals surface area contributed by atoms with Crippen LogP contribution in [0.25, 0.3) is 11.3 Å². The van der Waals surface area contributed by atoms with Crippen molar-refractivity contribution in [1.29, 1.82) is 0 Å². The third kappa shape index (κ3) is 2.56. The number of hydrogen-bond donors (Lipinski definition) is 1. The molecule has 0 spiro atoms. The molecule has 0 saturated carbocycles. The molecule has 5 heteroatoms. The summed E-state index contributed by atoms with van der Waals surface area (Å²) in [6.45, 7) is 3.17. The average molecular weight is 300 g/mol. The van der Waals surface area contributed by atoms with Gasteiger partial charge in [-0.05, 0) is 48.0 Å². The van der Waals surface area contributed by atoms with E-state index in [1.807, 2.05) is 0 Å². The van der Waals surface area contributed by atoms with E-state index in [0.717, 1.165) is 5.56 Å². The number of aromatic nitrogens is 1. The van der Waals surface area contributed by atoms with E-state index in [9.17, 15) is 9.50 Å². The molecule has 1 aromatic carbocycles. The fourth-order valence-corrected chi connectivity index (χ4v) is 1.72. The van der Waals surface area contributed by atoms with Gasteiger partial charge in [0, 0.05) is 5.56 Å². The molecule has 90 valence electrons. The van der Waals surface area contributed by atoms with Gasteiger partial charge in [-0.25, -0.2) is 9.37 Å². The summed E-state index contributed by atoms with van der Waals surface area (Å²) in [5, 5.41) is 9.72. The van der Waals surface area contributed by atoms with Crippen molar-refractivity contribution in [2.24, 2.45) is 0 Å². The fraction of sp³-hybridized carbons (Fsp3) is 0.250.